The lowest BCUT2D eigenvalue weighted by atomic mass is 9.80. The maximum Gasteiger partial charge on any atom is 0.315 e. The lowest BCUT2D eigenvalue weighted by Gasteiger charge is -2.26. The van der Waals surface area contributed by atoms with Crippen LogP contribution in [0.2, 0.25) is 0 Å². The van der Waals surface area contributed by atoms with E-state index in [1.54, 1.807) is 0 Å². The Morgan fingerprint density at radius 3 is 2.61 bits per heavy atom. The number of nitrogens with one attached hydrogen (secondary N) is 1. The van der Waals surface area contributed by atoms with Crippen molar-refractivity contribution in [2.24, 2.45) is 11.3 Å². The number of carbonyl (C=O) groups excluding carboxylic acids is 2. The molecule has 0 aliphatic heterocycles. The average Bonchev–Trinajstić information content (AvgIpc) is 2.46. The van der Waals surface area contributed by atoms with E-state index in [9.17, 15) is 9.59 Å². The third kappa shape index (κ3) is 7.55. The summed E-state index contributed by atoms with van der Waals surface area (Å²) in [6.07, 6.45) is 0.505. The smallest absolute Gasteiger partial charge is 0.315 e. The second-order valence-electron chi connectivity index (χ2n) is 6.79. The predicted octanol–water partition coefficient (Wildman–Crippen LogP) is 4.10. The SMILES string of the molecule is COC(=O)CSCc1cccc(NC(=O)CC(C)C(C)(C)C)c1. The quantitative estimate of drug-likeness (QED) is 0.761. The molecule has 0 bridgehead atoms. The summed E-state index contributed by atoms with van der Waals surface area (Å²) >= 11 is 1.49. The van der Waals surface area contributed by atoms with Gasteiger partial charge in [-0.1, -0.05) is 39.8 Å². The summed E-state index contributed by atoms with van der Waals surface area (Å²) in [6, 6.07) is 7.73. The van der Waals surface area contributed by atoms with Crippen molar-refractivity contribution in [3.8, 4) is 0 Å². The monoisotopic (exact) mass is 337 g/mol. The van der Waals surface area contributed by atoms with E-state index < -0.39 is 0 Å². The van der Waals surface area contributed by atoms with Gasteiger partial charge in [-0.2, -0.15) is 0 Å². The second kappa shape index (κ2) is 8.96. The zero-order valence-corrected chi connectivity index (χ0v) is 15.5. The Balaban J connectivity index is 2.53. The van der Waals surface area contributed by atoms with Gasteiger partial charge in [-0.25, -0.2) is 0 Å². The Morgan fingerprint density at radius 2 is 2.00 bits per heavy atom. The number of rotatable bonds is 7. The fraction of sp³-hybridized carbons (Fsp3) is 0.556. The summed E-state index contributed by atoms with van der Waals surface area (Å²) < 4.78 is 4.61. The lowest BCUT2D eigenvalue weighted by Crippen LogP contribution is -2.23. The van der Waals surface area contributed by atoms with E-state index in [1.807, 2.05) is 24.3 Å². The maximum atomic E-state index is 12.1. The minimum atomic E-state index is -0.226. The van der Waals surface area contributed by atoms with Gasteiger partial charge in [0.15, 0.2) is 0 Å². The molecule has 1 amide bonds. The maximum absolute atomic E-state index is 12.1. The first-order valence-corrected chi connectivity index (χ1v) is 8.91. The van der Waals surface area contributed by atoms with Crippen LogP contribution in [0.5, 0.6) is 0 Å². The van der Waals surface area contributed by atoms with E-state index in [0.29, 0.717) is 23.8 Å². The Hall–Kier alpha value is -1.49. The number of hydrogen-bond acceptors (Lipinski definition) is 4. The molecule has 0 spiro atoms. The molecule has 1 N–H and O–H groups in total. The first-order chi connectivity index (χ1) is 10.7. The number of carbonyl (C=O) groups is 2. The first kappa shape index (κ1) is 19.6. The Kier molecular flexibility index (Phi) is 7.62. The first-order valence-electron chi connectivity index (χ1n) is 7.75. The van der Waals surface area contributed by atoms with Crippen LogP contribution in [-0.4, -0.2) is 24.7 Å². The Labute approximate surface area is 143 Å². The summed E-state index contributed by atoms with van der Waals surface area (Å²) in [5.74, 6) is 1.15. The number of amides is 1. The summed E-state index contributed by atoms with van der Waals surface area (Å²) in [5.41, 5.74) is 1.98. The second-order valence-corrected chi connectivity index (χ2v) is 7.77. The molecule has 0 fully saturated rings. The van der Waals surface area contributed by atoms with Crippen molar-refractivity contribution in [1.29, 1.82) is 0 Å². The van der Waals surface area contributed by atoms with Gasteiger partial charge in [0.2, 0.25) is 5.91 Å². The topological polar surface area (TPSA) is 55.4 Å². The number of ether oxygens (including phenoxy) is 1. The van der Waals surface area contributed by atoms with E-state index in [2.05, 4.69) is 37.7 Å². The van der Waals surface area contributed by atoms with Gasteiger partial charge >= 0.3 is 5.97 Å². The molecule has 5 heteroatoms. The molecule has 0 saturated heterocycles. The van der Waals surface area contributed by atoms with E-state index in [0.717, 1.165) is 11.3 Å². The largest absolute Gasteiger partial charge is 0.468 e. The predicted molar refractivity (Wildman–Crippen MR) is 96.5 cm³/mol. The van der Waals surface area contributed by atoms with Crippen LogP contribution in [0.4, 0.5) is 5.69 Å². The van der Waals surface area contributed by atoms with Gasteiger partial charge in [-0.3, -0.25) is 9.59 Å². The van der Waals surface area contributed by atoms with Crippen molar-refractivity contribution in [2.75, 3.05) is 18.2 Å². The van der Waals surface area contributed by atoms with Crippen molar-refractivity contribution in [3.63, 3.8) is 0 Å². The van der Waals surface area contributed by atoms with Crippen LogP contribution in [0.15, 0.2) is 24.3 Å². The Morgan fingerprint density at radius 1 is 1.30 bits per heavy atom. The van der Waals surface area contributed by atoms with Crippen molar-refractivity contribution in [2.45, 2.75) is 39.9 Å². The number of methoxy groups -OCH3 is 1. The molecule has 1 aromatic rings. The van der Waals surface area contributed by atoms with Gasteiger partial charge in [0.25, 0.3) is 0 Å². The molecule has 0 aromatic heterocycles. The zero-order valence-electron chi connectivity index (χ0n) is 14.6. The highest BCUT2D eigenvalue weighted by molar-refractivity contribution is 7.99. The van der Waals surface area contributed by atoms with Crippen molar-refractivity contribution < 1.29 is 14.3 Å². The third-order valence-corrected chi connectivity index (χ3v) is 4.87. The molecule has 1 aromatic carbocycles. The average molecular weight is 337 g/mol. The van der Waals surface area contributed by atoms with Gasteiger partial charge in [-0.15, -0.1) is 11.8 Å². The van der Waals surface area contributed by atoms with Crippen LogP contribution in [0.25, 0.3) is 0 Å². The highest BCUT2D eigenvalue weighted by Gasteiger charge is 2.22. The van der Waals surface area contributed by atoms with E-state index in [4.69, 9.17) is 0 Å². The molecule has 128 valence electrons. The number of thioether (sulfide) groups is 1. The molecule has 23 heavy (non-hydrogen) atoms. The number of anilines is 1. The zero-order chi connectivity index (χ0) is 17.5. The summed E-state index contributed by atoms with van der Waals surface area (Å²) in [4.78, 5) is 23.2. The molecule has 1 rings (SSSR count). The van der Waals surface area contributed by atoms with Crippen molar-refractivity contribution >= 4 is 29.3 Å². The van der Waals surface area contributed by atoms with Gasteiger partial charge in [0.05, 0.1) is 12.9 Å². The fourth-order valence-corrected chi connectivity index (χ4v) is 2.65. The highest BCUT2D eigenvalue weighted by atomic mass is 32.2. The van der Waals surface area contributed by atoms with Crippen molar-refractivity contribution in [1.82, 2.24) is 0 Å². The number of benzene rings is 1. The Bertz CT molecular complexity index is 537. The number of esters is 1. The molecule has 0 aliphatic carbocycles. The van der Waals surface area contributed by atoms with Crippen LogP contribution >= 0.6 is 11.8 Å². The molecule has 1 unspecified atom stereocenters. The number of hydrogen-bond donors (Lipinski definition) is 1. The fourth-order valence-electron chi connectivity index (χ4n) is 1.85. The molecule has 0 saturated carbocycles. The normalized spacial score (nSPS) is 12.6. The van der Waals surface area contributed by atoms with E-state index in [1.165, 1.54) is 18.9 Å². The highest BCUT2D eigenvalue weighted by Crippen LogP contribution is 2.28. The summed E-state index contributed by atoms with van der Waals surface area (Å²) in [7, 11) is 1.39. The van der Waals surface area contributed by atoms with Gasteiger partial charge < -0.3 is 10.1 Å². The van der Waals surface area contributed by atoms with Crippen LogP contribution in [0.3, 0.4) is 0 Å². The van der Waals surface area contributed by atoms with Crippen LogP contribution < -0.4 is 5.32 Å². The molecular weight excluding hydrogens is 310 g/mol. The lowest BCUT2D eigenvalue weighted by molar-refractivity contribution is -0.137. The van der Waals surface area contributed by atoms with E-state index >= 15 is 0 Å². The molecule has 0 heterocycles. The molecular formula is C18H27NO3S. The van der Waals surface area contributed by atoms with Gasteiger partial charge in [0.1, 0.15) is 0 Å². The van der Waals surface area contributed by atoms with E-state index in [-0.39, 0.29) is 17.3 Å². The van der Waals surface area contributed by atoms with Crippen LogP contribution in [0.1, 0.15) is 39.7 Å². The third-order valence-electron chi connectivity index (χ3n) is 3.90. The molecule has 1 atom stereocenters. The van der Waals surface area contributed by atoms with Gasteiger partial charge in [-0.05, 0) is 29.0 Å². The van der Waals surface area contributed by atoms with Crippen LogP contribution in [-0.2, 0) is 20.1 Å². The van der Waals surface area contributed by atoms with Crippen molar-refractivity contribution in [3.05, 3.63) is 29.8 Å². The minimum absolute atomic E-state index is 0.0341. The van der Waals surface area contributed by atoms with Gasteiger partial charge in [0, 0.05) is 17.9 Å². The molecule has 4 nitrogen and oxygen atoms in total. The molecule has 0 aliphatic rings. The molecule has 0 radical (unpaired) electrons. The standard InChI is InChI=1S/C18H27NO3S/c1-13(18(2,3)4)9-16(20)19-15-8-6-7-14(10-15)11-23-12-17(21)22-5/h6-8,10,13H,9,11-12H2,1-5H3,(H,19,20). The summed E-state index contributed by atoms with van der Waals surface area (Å²) in [5, 5.41) is 2.96. The minimum Gasteiger partial charge on any atom is -0.468 e. The summed E-state index contributed by atoms with van der Waals surface area (Å²) in [6.45, 7) is 8.53. The van der Waals surface area contributed by atoms with Crippen LogP contribution in [0, 0.1) is 11.3 Å².